The van der Waals surface area contributed by atoms with E-state index in [9.17, 15) is 0 Å². The number of halogens is 1. The number of anilines is 1. The number of aromatic nitrogens is 3. The van der Waals surface area contributed by atoms with Crippen molar-refractivity contribution in [2.45, 2.75) is 0 Å². The first kappa shape index (κ1) is 13.2. The lowest BCUT2D eigenvalue weighted by Gasteiger charge is -2.12. The van der Waals surface area contributed by atoms with Gasteiger partial charge >= 0.3 is 6.01 Å². The van der Waals surface area contributed by atoms with E-state index in [1.807, 2.05) is 0 Å². The maximum absolute atomic E-state index is 5.68. The van der Waals surface area contributed by atoms with Gasteiger partial charge in [-0.2, -0.15) is 15.0 Å². The lowest BCUT2D eigenvalue weighted by atomic mass is 10.3. The van der Waals surface area contributed by atoms with Gasteiger partial charge in [-0.3, -0.25) is 0 Å². The Labute approximate surface area is 114 Å². The maximum Gasteiger partial charge on any atom is 0.328 e. The van der Waals surface area contributed by atoms with Crippen LogP contribution in [0.15, 0.2) is 18.2 Å². The van der Waals surface area contributed by atoms with Crippen LogP contribution in [0, 0.1) is 0 Å². The third-order valence-electron chi connectivity index (χ3n) is 2.18. The van der Waals surface area contributed by atoms with Crippen LogP contribution in [0.4, 0.5) is 5.95 Å². The molecule has 19 heavy (non-hydrogen) atoms. The van der Waals surface area contributed by atoms with Gasteiger partial charge in [-0.15, -0.1) is 0 Å². The average Bonchev–Trinajstić information content (AvgIpc) is 2.37. The molecule has 0 aliphatic carbocycles. The number of nitrogens with two attached hydrogens (primary N) is 1. The van der Waals surface area contributed by atoms with Gasteiger partial charge in [0, 0.05) is 0 Å². The molecule has 1 aromatic carbocycles. The summed E-state index contributed by atoms with van der Waals surface area (Å²) in [4.78, 5) is 11.3. The van der Waals surface area contributed by atoms with Crippen molar-refractivity contribution in [3.63, 3.8) is 0 Å². The van der Waals surface area contributed by atoms with E-state index in [0.717, 1.165) is 0 Å². The van der Waals surface area contributed by atoms with Crippen molar-refractivity contribution in [3.8, 4) is 23.3 Å². The molecule has 0 aliphatic rings. The van der Waals surface area contributed by atoms with Crippen molar-refractivity contribution >= 4 is 17.5 Å². The van der Waals surface area contributed by atoms with Crippen molar-refractivity contribution in [3.05, 3.63) is 23.5 Å². The highest BCUT2D eigenvalue weighted by Gasteiger charge is 2.14. The van der Waals surface area contributed by atoms with E-state index in [0.29, 0.717) is 17.2 Å². The van der Waals surface area contributed by atoms with Gasteiger partial charge in [-0.05, 0) is 23.7 Å². The van der Waals surface area contributed by atoms with Crippen molar-refractivity contribution in [1.82, 2.24) is 15.0 Å². The fourth-order valence-corrected chi connectivity index (χ4v) is 1.56. The molecule has 0 unspecified atom stereocenters. The van der Waals surface area contributed by atoms with Crippen LogP contribution >= 0.6 is 11.6 Å². The molecule has 0 atom stereocenters. The zero-order chi connectivity index (χ0) is 13.8. The first-order valence-corrected chi connectivity index (χ1v) is 5.57. The highest BCUT2D eigenvalue weighted by molar-refractivity contribution is 6.28. The molecule has 1 heterocycles. The Morgan fingerprint density at radius 1 is 1.05 bits per heavy atom. The molecule has 0 amide bonds. The van der Waals surface area contributed by atoms with Gasteiger partial charge in [-0.1, -0.05) is 6.07 Å². The molecule has 0 saturated heterocycles. The minimum absolute atomic E-state index is 0.0381. The van der Waals surface area contributed by atoms with E-state index in [-0.39, 0.29) is 17.2 Å². The molecule has 7 nitrogen and oxygen atoms in total. The van der Waals surface area contributed by atoms with Gasteiger partial charge in [-0.25, -0.2) is 0 Å². The fourth-order valence-electron chi connectivity index (χ4n) is 1.40. The highest BCUT2D eigenvalue weighted by atomic mass is 35.5. The standard InChI is InChI=1S/C11H11ClN4O3/c1-17-6-4-3-5-7(18-2)8(6)19-11-15-9(12)14-10(13)16-11/h3-5H,1-2H3,(H2,13,14,15,16). The zero-order valence-corrected chi connectivity index (χ0v) is 11.0. The Balaban J connectivity index is 2.41. The van der Waals surface area contributed by atoms with Gasteiger partial charge in [0.15, 0.2) is 11.5 Å². The fraction of sp³-hybridized carbons (Fsp3) is 0.182. The van der Waals surface area contributed by atoms with Crippen molar-refractivity contribution in [1.29, 1.82) is 0 Å². The zero-order valence-electron chi connectivity index (χ0n) is 10.3. The minimum atomic E-state index is -0.0589. The lowest BCUT2D eigenvalue weighted by molar-refractivity contribution is 0.336. The summed E-state index contributed by atoms with van der Waals surface area (Å²) in [6, 6.07) is 5.15. The number of benzene rings is 1. The molecular formula is C11H11ClN4O3. The molecule has 0 spiro atoms. The number of nitrogen functional groups attached to an aromatic ring is 1. The van der Waals surface area contributed by atoms with Gasteiger partial charge in [0.25, 0.3) is 0 Å². The number of ether oxygens (including phenoxy) is 3. The second-order valence-electron chi connectivity index (χ2n) is 3.34. The molecule has 0 radical (unpaired) electrons. The molecule has 0 fully saturated rings. The van der Waals surface area contributed by atoms with Crippen LogP contribution in [0.5, 0.6) is 23.3 Å². The Kier molecular flexibility index (Phi) is 3.86. The Morgan fingerprint density at radius 3 is 2.21 bits per heavy atom. The summed E-state index contributed by atoms with van der Waals surface area (Å²) in [5.41, 5.74) is 5.47. The van der Waals surface area contributed by atoms with Gasteiger partial charge in [0.1, 0.15) is 0 Å². The molecule has 2 rings (SSSR count). The predicted octanol–water partition coefficient (Wildman–Crippen LogP) is 1.92. The number of nitrogens with zero attached hydrogens (tertiary/aromatic N) is 3. The summed E-state index contributed by atoms with van der Waals surface area (Å²) in [6.07, 6.45) is 0. The molecule has 1 aromatic heterocycles. The molecule has 8 heteroatoms. The first-order valence-electron chi connectivity index (χ1n) is 5.20. The van der Waals surface area contributed by atoms with Gasteiger partial charge in [0.2, 0.25) is 17.0 Å². The van der Waals surface area contributed by atoms with Gasteiger partial charge in [0.05, 0.1) is 14.2 Å². The van der Waals surface area contributed by atoms with Crippen molar-refractivity contribution in [2.24, 2.45) is 0 Å². The van der Waals surface area contributed by atoms with Crippen LogP contribution < -0.4 is 19.9 Å². The summed E-state index contributed by atoms with van der Waals surface area (Å²) in [6.45, 7) is 0. The maximum atomic E-state index is 5.68. The van der Waals surface area contributed by atoms with E-state index >= 15 is 0 Å². The molecular weight excluding hydrogens is 272 g/mol. The Hall–Kier alpha value is -2.28. The van der Waals surface area contributed by atoms with Crippen LogP contribution in [0.1, 0.15) is 0 Å². The monoisotopic (exact) mass is 282 g/mol. The molecule has 0 bridgehead atoms. The van der Waals surface area contributed by atoms with E-state index in [1.54, 1.807) is 18.2 Å². The molecule has 0 saturated carbocycles. The predicted molar refractivity (Wildman–Crippen MR) is 68.9 cm³/mol. The highest BCUT2D eigenvalue weighted by Crippen LogP contribution is 2.39. The van der Waals surface area contributed by atoms with Crippen molar-refractivity contribution in [2.75, 3.05) is 20.0 Å². The number of rotatable bonds is 4. The van der Waals surface area contributed by atoms with E-state index in [1.165, 1.54) is 14.2 Å². The third kappa shape index (κ3) is 2.94. The average molecular weight is 283 g/mol. The summed E-state index contributed by atoms with van der Waals surface area (Å²) in [7, 11) is 3.02. The smallest absolute Gasteiger partial charge is 0.328 e. The van der Waals surface area contributed by atoms with Crippen LogP contribution in [0.3, 0.4) is 0 Å². The topological polar surface area (TPSA) is 92.4 Å². The number of hydrogen-bond acceptors (Lipinski definition) is 7. The third-order valence-corrected chi connectivity index (χ3v) is 2.35. The first-order chi connectivity index (χ1) is 9.13. The van der Waals surface area contributed by atoms with Gasteiger partial charge < -0.3 is 19.9 Å². The summed E-state index contributed by atoms with van der Waals surface area (Å²) in [5, 5.41) is -0.0589. The van der Waals surface area contributed by atoms with Crippen LogP contribution in [0.25, 0.3) is 0 Å². The number of hydrogen-bond donors (Lipinski definition) is 1. The molecule has 2 aromatic rings. The lowest BCUT2D eigenvalue weighted by Crippen LogP contribution is -2.02. The summed E-state index contributed by atoms with van der Waals surface area (Å²) in [5.74, 6) is 1.22. The normalized spacial score (nSPS) is 10.1. The Bertz CT molecular complexity index is 552. The van der Waals surface area contributed by atoms with E-state index in [2.05, 4.69) is 15.0 Å². The summed E-state index contributed by atoms with van der Waals surface area (Å²) < 4.78 is 15.9. The number of para-hydroxylation sites is 1. The SMILES string of the molecule is COc1cccc(OC)c1Oc1nc(N)nc(Cl)n1. The van der Waals surface area contributed by atoms with Crippen LogP contribution in [-0.4, -0.2) is 29.2 Å². The van der Waals surface area contributed by atoms with E-state index in [4.69, 9.17) is 31.5 Å². The second-order valence-corrected chi connectivity index (χ2v) is 3.68. The summed E-state index contributed by atoms with van der Waals surface area (Å²) >= 11 is 5.68. The minimum Gasteiger partial charge on any atom is -0.493 e. The molecule has 2 N–H and O–H groups in total. The molecule has 100 valence electrons. The Morgan fingerprint density at radius 2 is 1.68 bits per heavy atom. The quantitative estimate of drug-likeness (QED) is 0.915. The largest absolute Gasteiger partial charge is 0.493 e. The molecule has 0 aliphatic heterocycles. The van der Waals surface area contributed by atoms with Crippen molar-refractivity contribution < 1.29 is 14.2 Å². The van der Waals surface area contributed by atoms with Crippen LogP contribution in [-0.2, 0) is 0 Å². The van der Waals surface area contributed by atoms with Crippen LogP contribution in [0.2, 0.25) is 5.28 Å². The second kappa shape index (κ2) is 5.57. The van der Waals surface area contributed by atoms with E-state index < -0.39 is 0 Å². The number of methoxy groups -OCH3 is 2.